The molecule has 2 saturated heterocycles. The molecule has 6 N–H and O–H groups in total. The fourth-order valence-corrected chi connectivity index (χ4v) is 10.3. The summed E-state index contributed by atoms with van der Waals surface area (Å²) in [5.74, 6) is 4.30. The molecule has 0 saturated carbocycles. The molecule has 0 bridgehead atoms. The number of carbonyl (C=O) groups excluding carboxylic acids is 2. The molecular formula is C60H64N14O4. The number of nitrogens with one attached hydrogen (secondary N) is 6. The minimum atomic E-state index is -0.0952. The van der Waals surface area contributed by atoms with Crippen molar-refractivity contribution in [1.29, 1.82) is 0 Å². The molecule has 78 heavy (non-hydrogen) atoms. The summed E-state index contributed by atoms with van der Waals surface area (Å²) in [6.45, 7) is 9.73. The van der Waals surface area contributed by atoms with E-state index in [1.54, 1.807) is 0 Å². The fourth-order valence-electron chi connectivity index (χ4n) is 10.3. The molecule has 10 aromatic rings. The molecule has 398 valence electrons. The van der Waals surface area contributed by atoms with Gasteiger partial charge in [-0.3, -0.25) is 9.59 Å². The number of likely N-dealkylation sites (N-methyl/N-ethyl adjacent to an activating group) is 2. The van der Waals surface area contributed by atoms with Gasteiger partial charge in [-0.05, 0) is 124 Å². The van der Waals surface area contributed by atoms with Gasteiger partial charge in [0.15, 0.2) is 0 Å². The quantitative estimate of drug-likeness (QED) is 0.0422. The van der Waals surface area contributed by atoms with Crippen LogP contribution in [0.2, 0.25) is 0 Å². The van der Waals surface area contributed by atoms with Crippen molar-refractivity contribution < 1.29 is 19.1 Å². The average Bonchev–Trinajstić information content (AvgIpc) is 4.35. The Bertz CT molecular complexity index is 3510. The SMILES string of the molecule is CN1CCN(c2ccc3nc(-c4ccc5nc(-c6cccc(OCCCC(=O)NCCNC(=O)CCCOc7cccc(-c8nc9ccc(-c%10nc%11ccc(N%12CCN(C)CC%12)cc%11[nH]%10)cc9[nH]8)c7)c6)[nH]c5c4)[nH]c3c2)CC1. The van der Waals surface area contributed by atoms with Gasteiger partial charge in [0.25, 0.3) is 0 Å². The Balaban J connectivity index is 0.546. The van der Waals surface area contributed by atoms with Crippen molar-refractivity contribution in [2.75, 3.05) is 103 Å². The van der Waals surface area contributed by atoms with Gasteiger partial charge in [-0.25, -0.2) is 19.9 Å². The molecule has 0 radical (unpaired) electrons. The summed E-state index contributed by atoms with van der Waals surface area (Å²) < 4.78 is 12.1. The van der Waals surface area contributed by atoms with Crippen LogP contribution in [0.15, 0.2) is 121 Å². The minimum absolute atomic E-state index is 0.0952. The van der Waals surface area contributed by atoms with Crippen LogP contribution in [-0.2, 0) is 9.59 Å². The van der Waals surface area contributed by atoms with Gasteiger partial charge in [0.05, 0.1) is 57.3 Å². The third-order valence-electron chi connectivity index (χ3n) is 14.8. The Morgan fingerprint density at radius 2 is 0.808 bits per heavy atom. The van der Waals surface area contributed by atoms with Crippen LogP contribution < -0.4 is 29.9 Å². The van der Waals surface area contributed by atoms with E-state index in [4.69, 9.17) is 29.4 Å². The smallest absolute Gasteiger partial charge is 0.220 e. The lowest BCUT2D eigenvalue weighted by Gasteiger charge is -2.34. The highest BCUT2D eigenvalue weighted by Crippen LogP contribution is 2.32. The maximum atomic E-state index is 12.6. The van der Waals surface area contributed by atoms with Crippen LogP contribution in [0.1, 0.15) is 25.7 Å². The monoisotopic (exact) mass is 1040 g/mol. The normalized spacial score (nSPS) is 14.5. The highest BCUT2D eigenvalue weighted by molar-refractivity contribution is 5.89. The van der Waals surface area contributed by atoms with Crippen LogP contribution in [-0.4, -0.2) is 154 Å². The first-order valence-corrected chi connectivity index (χ1v) is 27.1. The summed E-state index contributed by atoms with van der Waals surface area (Å²) in [7, 11) is 4.34. The number of H-pyrrole nitrogens is 4. The zero-order chi connectivity index (χ0) is 53.0. The zero-order valence-corrected chi connectivity index (χ0v) is 44.1. The van der Waals surface area contributed by atoms with Gasteiger partial charge in [0, 0.05) is 112 Å². The number of piperazine rings is 2. The molecule has 0 spiro atoms. The number of aromatic nitrogens is 8. The highest BCUT2D eigenvalue weighted by atomic mass is 16.5. The number of nitrogens with zero attached hydrogens (tertiary/aromatic N) is 8. The summed E-state index contributed by atoms with van der Waals surface area (Å²) in [4.78, 5) is 68.3. The van der Waals surface area contributed by atoms with Crippen molar-refractivity contribution in [2.45, 2.75) is 25.7 Å². The number of ether oxygens (including phenoxy) is 2. The molecule has 2 amide bonds. The van der Waals surface area contributed by atoms with Crippen molar-refractivity contribution in [3.8, 4) is 57.1 Å². The van der Waals surface area contributed by atoms with Gasteiger partial charge in [0.2, 0.25) is 11.8 Å². The number of hydrogen-bond donors (Lipinski definition) is 6. The van der Waals surface area contributed by atoms with E-state index in [1.165, 1.54) is 11.4 Å². The van der Waals surface area contributed by atoms with Crippen LogP contribution >= 0.6 is 0 Å². The van der Waals surface area contributed by atoms with Crippen molar-refractivity contribution in [3.05, 3.63) is 121 Å². The number of benzene rings is 6. The van der Waals surface area contributed by atoms with Crippen LogP contribution in [0.25, 0.3) is 89.7 Å². The van der Waals surface area contributed by atoms with Crippen LogP contribution in [0.5, 0.6) is 11.5 Å². The summed E-state index contributed by atoms with van der Waals surface area (Å²) in [6.07, 6.45) is 1.69. The molecule has 0 unspecified atom stereocenters. The number of fused-ring (bicyclic) bond motifs is 4. The van der Waals surface area contributed by atoms with Crippen molar-refractivity contribution in [1.82, 2.24) is 60.3 Å². The minimum Gasteiger partial charge on any atom is -0.494 e. The van der Waals surface area contributed by atoms with Crippen LogP contribution in [0, 0.1) is 0 Å². The van der Waals surface area contributed by atoms with Gasteiger partial charge < -0.3 is 59.6 Å². The molecule has 4 aromatic heterocycles. The lowest BCUT2D eigenvalue weighted by molar-refractivity contribution is -0.123. The molecule has 18 heteroatoms. The average molecular weight is 1050 g/mol. The largest absolute Gasteiger partial charge is 0.494 e. The van der Waals surface area contributed by atoms with E-state index in [-0.39, 0.29) is 11.8 Å². The van der Waals surface area contributed by atoms with Gasteiger partial charge in [-0.1, -0.05) is 24.3 Å². The number of hydrogen-bond acceptors (Lipinski definition) is 12. The first-order valence-electron chi connectivity index (χ1n) is 27.1. The Morgan fingerprint density at radius 1 is 0.449 bits per heavy atom. The first kappa shape index (κ1) is 50.1. The second-order valence-corrected chi connectivity index (χ2v) is 20.4. The van der Waals surface area contributed by atoms with Gasteiger partial charge in [-0.2, -0.15) is 0 Å². The molecule has 2 aliphatic heterocycles. The van der Waals surface area contributed by atoms with Crippen LogP contribution in [0.4, 0.5) is 11.4 Å². The van der Waals surface area contributed by atoms with Crippen molar-refractivity contribution in [2.24, 2.45) is 0 Å². The Hall–Kier alpha value is -8.74. The van der Waals surface area contributed by atoms with E-state index in [0.29, 0.717) is 63.5 Å². The molecule has 12 rings (SSSR count). The second kappa shape index (κ2) is 22.5. The molecule has 0 atom stereocenters. The Labute approximate surface area is 451 Å². The standard InChI is InChI=1S/C60H64N14O4/c1-71-23-27-73(28-24-71)43-15-19-49-53(37-43)69-59(65-49)41-13-17-47-51(35-41)67-57(63-47)39-7-3-9-45(33-39)77-31-5-11-55(75)61-21-22-62-56(76)12-6-32-78-46-10-4-8-40(34-46)58-64-48-18-14-42(36-52(48)68-58)60-66-50-20-16-44(38-54(50)70-60)74-29-25-72(2)26-30-74/h3-4,7-10,13-20,33-38H,5-6,11-12,21-32H2,1-2H3,(H,61,75)(H,62,76)(H,63,67)(H,64,68)(H,65,69)(H,66,70). The molecule has 18 nitrogen and oxygen atoms in total. The third-order valence-corrected chi connectivity index (χ3v) is 14.8. The molecular weight excluding hydrogens is 981 g/mol. The van der Waals surface area contributed by atoms with E-state index < -0.39 is 0 Å². The lowest BCUT2D eigenvalue weighted by Crippen LogP contribution is -2.44. The van der Waals surface area contributed by atoms with E-state index in [9.17, 15) is 9.59 Å². The second-order valence-electron chi connectivity index (χ2n) is 20.4. The zero-order valence-electron chi connectivity index (χ0n) is 44.1. The fraction of sp³-hybridized carbons (Fsp3) is 0.300. The molecule has 6 heterocycles. The number of anilines is 2. The number of imidazole rings is 4. The van der Waals surface area contributed by atoms with E-state index in [0.717, 1.165) is 142 Å². The predicted octanol–water partition coefficient (Wildman–Crippen LogP) is 8.61. The topological polar surface area (TPSA) is 204 Å². The predicted molar refractivity (Wildman–Crippen MR) is 308 cm³/mol. The van der Waals surface area contributed by atoms with E-state index in [2.05, 4.69) is 113 Å². The van der Waals surface area contributed by atoms with Gasteiger partial charge in [0.1, 0.15) is 34.8 Å². The van der Waals surface area contributed by atoms with Gasteiger partial charge in [-0.15, -0.1) is 0 Å². The lowest BCUT2D eigenvalue weighted by atomic mass is 10.2. The van der Waals surface area contributed by atoms with E-state index >= 15 is 0 Å². The maximum absolute atomic E-state index is 12.6. The molecule has 6 aromatic carbocycles. The number of amides is 2. The number of rotatable bonds is 19. The maximum Gasteiger partial charge on any atom is 0.220 e. The van der Waals surface area contributed by atoms with E-state index in [1.807, 2.05) is 72.8 Å². The summed E-state index contributed by atoms with van der Waals surface area (Å²) in [5.41, 5.74) is 13.6. The van der Waals surface area contributed by atoms with Crippen molar-refractivity contribution in [3.63, 3.8) is 0 Å². The number of aromatic amines is 4. The summed E-state index contributed by atoms with van der Waals surface area (Å²) >= 11 is 0. The first-order chi connectivity index (χ1) is 38.2. The Morgan fingerprint density at radius 3 is 1.21 bits per heavy atom. The molecule has 0 aliphatic carbocycles. The Kier molecular flexibility index (Phi) is 14.4. The summed E-state index contributed by atoms with van der Waals surface area (Å²) in [6, 6.07) is 40.8. The summed E-state index contributed by atoms with van der Waals surface area (Å²) in [5, 5.41) is 5.78. The molecule has 2 fully saturated rings. The highest BCUT2D eigenvalue weighted by Gasteiger charge is 2.19. The molecule has 2 aliphatic rings. The number of carbonyl (C=O) groups is 2. The van der Waals surface area contributed by atoms with Crippen molar-refractivity contribution >= 4 is 67.3 Å². The van der Waals surface area contributed by atoms with Gasteiger partial charge >= 0.3 is 0 Å². The third kappa shape index (κ3) is 11.5. The van der Waals surface area contributed by atoms with Crippen LogP contribution in [0.3, 0.4) is 0 Å².